The molecule has 0 aromatic heterocycles. The van der Waals surface area contributed by atoms with Crippen LogP contribution < -0.4 is 0 Å². The van der Waals surface area contributed by atoms with E-state index >= 15 is 0 Å². The fourth-order valence-corrected chi connectivity index (χ4v) is 1.64. The Kier molecular flexibility index (Phi) is 8.46. The van der Waals surface area contributed by atoms with Crippen LogP contribution >= 0.6 is 0 Å². The molecule has 1 heterocycles. The average Bonchev–Trinajstić information content (AvgIpc) is 2.06. The van der Waals surface area contributed by atoms with Crippen LogP contribution in [0.1, 0.15) is 33.1 Å². The Morgan fingerprint density at radius 1 is 1.38 bits per heavy atom. The fourth-order valence-electron chi connectivity index (χ4n) is 1.64. The van der Waals surface area contributed by atoms with Crippen LogP contribution in [-0.4, -0.2) is 38.8 Å². The summed E-state index contributed by atoms with van der Waals surface area (Å²) in [6, 6.07) is 0. The molecule has 0 amide bonds. The minimum Gasteiger partial charge on any atom is -0.384 e. The molecule has 0 bridgehead atoms. The fraction of sp³-hybridized carbons (Fsp3) is 1.00. The largest absolute Gasteiger partial charge is 0.384 e. The van der Waals surface area contributed by atoms with Gasteiger partial charge < -0.3 is 9.64 Å². The standard InChI is InChI=1S/C8H17NO.C3H8/c1-9-5-3-4-8(6-9)7-10-2;1-3-2/h8H,3-7H2,1-2H3;3H2,1-2H3. The van der Waals surface area contributed by atoms with E-state index in [1.54, 1.807) is 7.11 Å². The first-order valence-corrected chi connectivity index (χ1v) is 5.42. The summed E-state index contributed by atoms with van der Waals surface area (Å²) in [5.74, 6) is 0.781. The van der Waals surface area contributed by atoms with Crippen molar-refractivity contribution in [2.45, 2.75) is 33.1 Å². The highest BCUT2D eigenvalue weighted by Gasteiger charge is 2.15. The first-order chi connectivity index (χ1) is 6.24. The van der Waals surface area contributed by atoms with Gasteiger partial charge in [-0.3, -0.25) is 0 Å². The van der Waals surface area contributed by atoms with Crippen molar-refractivity contribution in [3.8, 4) is 0 Å². The van der Waals surface area contributed by atoms with Crippen LogP contribution in [0, 0.1) is 5.92 Å². The molecular formula is C11H25NO. The number of hydrogen-bond donors (Lipinski definition) is 0. The lowest BCUT2D eigenvalue weighted by Gasteiger charge is -2.28. The van der Waals surface area contributed by atoms with Gasteiger partial charge in [0.1, 0.15) is 0 Å². The van der Waals surface area contributed by atoms with Crippen LogP contribution in [0.4, 0.5) is 0 Å². The van der Waals surface area contributed by atoms with Crippen LogP contribution in [-0.2, 0) is 4.74 Å². The molecule has 0 spiro atoms. The topological polar surface area (TPSA) is 12.5 Å². The van der Waals surface area contributed by atoms with E-state index in [4.69, 9.17) is 4.74 Å². The molecule has 1 rings (SSSR count). The van der Waals surface area contributed by atoms with Gasteiger partial charge in [-0.15, -0.1) is 0 Å². The van der Waals surface area contributed by atoms with Crippen LogP contribution in [0.5, 0.6) is 0 Å². The lowest BCUT2D eigenvalue weighted by molar-refractivity contribution is 0.102. The molecule has 1 atom stereocenters. The van der Waals surface area contributed by atoms with Crippen molar-refractivity contribution in [2.75, 3.05) is 33.9 Å². The summed E-state index contributed by atoms with van der Waals surface area (Å²) in [5, 5.41) is 0. The van der Waals surface area contributed by atoms with Gasteiger partial charge in [0.2, 0.25) is 0 Å². The Morgan fingerprint density at radius 3 is 2.46 bits per heavy atom. The predicted octanol–water partition coefficient (Wildman–Crippen LogP) is 2.39. The minimum atomic E-state index is 0.781. The van der Waals surface area contributed by atoms with E-state index in [-0.39, 0.29) is 0 Å². The summed E-state index contributed by atoms with van der Waals surface area (Å²) >= 11 is 0. The molecule has 2 nitrogen and oxygen atoms in total. The molecule has 0 N–H and O–H groups in total. The van der Waals surface area contributed by atoms with Gasteiger partial charge in [-0.1, -0.05) is 20.3 Å². The molecule has 0 aromatic rings. The molecule has 1 saturated heterocycles. The highest BCUT2D eigenvalue weighted by atomic mass is 16.5. The number of piperidine rings is 1. The number of ether oxygens (including phenoxy) is 1. The van der Waals surface area contributed by atoms with Crippen molar-refractivity contribution in [3.63, 3.8) is 0 Å². The van der Waals surface area contributed by atoms with Gasteiger partial charge in [0.05, 0.1) is 6.61 Å². The summed E-state index contributed by atoms with van der Waals surface area (Å²) in [6.45, 7) is 7.67. The van der Waals surface area contributed by atoms with E-state index in [1.807, 2.05) is 0 Å². The van der Waals surface area contributed by atoms with Crippen LogP contribution in [0.15, 0.2) is 0 Å². The lowest BCUT2D eigenvalue weighted by atomic mass is 10.00. The maximum atomic E-state index is 5.10. The van der Waals surface area contributed by atoms with Crippen molar-refractivity contribution in [1.82, 2.24) is 4.90 Å². The van der Waals surface area contributed by atoms with E-state index in [1.165, 1.54) is 32.4 Å². The van der Waals surface area contributed by atoms with E-state index in [0.29, 0.717) is 0 Å². The Morgan fingerprint density at radius 2 is 2.00 bits per heavy atom. The zero-order valence-corrected chi connectivity index (χ0v) is 9.68. The van der Waals surface area contributed by atoms with Gasteiger partial charge in [0.25, 0.3) is 0 Å². The Bertz CT molecular complexity index is 104. The predicted molar refractivity (Wildman–Crippen MR) is 58.1 cm³/mol. The van der Waals surface area contributed by atoms with Crippen LogP contribution in [0.2, 0.25) is 0 Å². The monoisotopic (exact) mass is 187 g/mol. The molecular weight excluding hydrogens is 162 g/mol. The lowest BCUT2D eigenvalue weighted by Crippen LogP contribution is -2.33. The van der Waals surface area contributed by atoms with E-state index in [2.05, 4.69) is 25.8 Å². The maximum absolute atomic E-state index is 5.10. The highest BCUT2D eigenvalue weighted by Crippen LogP contribution is 2.14. The number of nitrogens with zero attached hydrogens (tertiary/aromatic N) is 1. The third kappa shape index (κ3) is 7.03. The maximum Gasteiger partial charge on any atom is 0.0502 e. The SMILES string of the molecule is CCC.COCC1CCCN(C)C1. The molecule has 1 aliphatic rings. The van der Waals surface area contributed by atoms with Crippen molar-refractivity contribution in [3.05, 3.63) is 0 Å². The molecule has 0 aromatic carbocycles. The van der Waals surface area contributed by atoms with Crippen molar-refractivity contribution >= 4 is 0 Å². The molecule has 0 radical (unpaired) electrons. The number of methoxy groups -OCH3 is 1. The smallest absolute Gasteiger partial charge is 0.0502 e. The second-order valence-corrected chi connectivity index (χ2v) is 3.93. The quantitative estimate of drug-likeness (QED) is 0.658. The zero-order chi connectivity index (χ0) is 10.1. The first-order valence-electron chi connectivity index (χ1n) is 5.42. The summed E-state index contributed by atoms with van der Waals surface area (Å²) < 4.78 is 5.10. The molecule has 13 heavy (non-hydrogen) atoms. The Balaban J connectivity index is 0.000000424. The van der Waals surface area contributed by atoms with E-state index in [0.717, 1.165) is 12.5 Å². The second kappa shape index (κ2) is 8.52. The van der Waals surface area contributed by atoms with Gasteiger partial charge >= 0.3 is 0 Å². The van der Waals surface area contributed by atoms with Crippen molar-refractivity contribution in [2.24, 2.45) is 5.92 Å². The minimum absolute atomic E-state index is 0.781. The van der Waals surface area contributed by atoms with Gasteiger partial charge in [-0.2, -0.15) is 0 Å². The molecule has 1 aliphatic heterocycles. The van der Waals surface area contributed by atoms with Crippen molar-refractivity contribution in [1.29, 1.82) is 0 Å². The summed E-state index contributed by atoms with van der Waals surface area (Å²) in [7, 11) is 3.97. The number of rotatable bonds is 2. The van der Waals surface area contributed by atoms with Gasteiger partial charge in [-0.25, -0.2) is 0 Å². The number of likely N-dealkylation sites (tertiary alicyclic amines) is 1. The van der Waals surface area contributed by atoms with Crippen LogP contribution in [0.3, 0.4) is 0 Å². The summed E-state index contributed by atoms with van der Waals surface area (Å²) in [5.41, 5.74) is 0. The Hall–Kier alpha value is -0.0800. The third-order valence-corrected chi connectivity index (χ3v) is 2.12. The van der Waals surface area contributed by atoms with Gasteiger partial charge in [0, 0.05) is 13.7 Å². The summed E-state index contributed by atoms with van der Waals surface area (Å²) in [4.78, 5) is 2.38. The average molecular weight is 187 g/mol. The molecule has 0 aliphatic carbocycles. The molecule has 80 valence electrons. The highest BCUT2D eigenvalue weighted by molar-refractivity contribution is 4.69. The second-order valence-electron chi connectivity index (χ2n) is 3.93. The zero-order valence-electron chi connectivity index (χ0n) is 9.68. The Labute approximate surface area is 83.3 Å². The normalized spacial score (nSPS) is 23.5. The molecule has 2 heteroatoms. The first kappa shape index (κ1) is 12.9. The van der Waals surface area contributed by atoms with E-state index in [9.17, 15) is 0 Å². The third-order valence-electron chi connectivity index (χ3n) is 2.12. The van der Waals surface area contributed by atoms with Gasteiger partial charge in [-0.05, 0) is 32.4 Å². The molecule has 1 fully saturated rings. The van der Waals surface area contributed by atoms with Crippen molar-refractivity contribution < 1.29 is 4.74 Å². The van der Waals surface area contributed by atoms with E-state index < -0.39 is 0 Å². The molecule has 1 unspecified atom stereocenters. The van der Waals surface area contributed by atoms with Gasteiger partial charge in [0.15, 0.2) is 0 Å². The number of hydrogen-bond acceptors (Lipinski definition) is 2. The molecule has 0 saturated carbocycles. The van der Waals surface area contributed by atoms with Crippen LogP contribution in [0.25, 0.3) is 0 Å². The summed E-state index contributed by atoms with van der Waals surface area (Å²) in [6.07, 6.45) is 3.93.